The molecule has 0 aromatic heterocycles. The first kappa shape index (κ1) is 13.5. The molecule has 0 heterocycles. The van der Waals surface area contributed by atoms with E-state index in [-0.39, 0.29) is 0 Å². The maximum absolute atomic E-state index is 8.79. The van der Waals surface area contributed by atoms with Crippen LogP contribution in [0.5, 0.6) is 5.75 Å². The zero-order chi connectivity index (χ0) is 13.3. The fraction of sp³-hybridized carbons (Fsp3) is 0.188. The zero-order valence-corrected chi connectivity index (χ0v) is 11.4. The maximum atomic E-state index is 8.79. The second-order valence-corrected chi connectivity index (χ2v) is 5.13. The molecule has 0 N–H and O–H groups in total. The van der Waals surface area contributed by atoms with Gasteiger partial charge in [-0.3, -0.25) is 0 Å². The molecule has 3 heteroatoms. The van der Waals surface area contributed by atoms with Crippen LogP contribution in [0, 0.1) is 11.3 Å². The van der Waals surface area contributed by atoms with Crippen LogP contribution in [0.1, 0.15) is 11.1 Å². The molecule has 0 radical (unpaired) electrons. The van der Waals surface area contributed by atoms with Gasteiger partial charge in [0, 0.05) is 11.5 Å². The quantitative estimate of drug-likeness (QED) is 0.746. The van der Waals surface area contributed by atoms with Crippen molar-refractivity contribution in [1.82, 2.24) is 0 Å². The van der Waals surface area contributed by atoms with Gasteiger partial charge in [-0.15, -0.1) is 0 Å². The molecule has 0 amide bonds. The highest BCUT2D eigenvalue weighted by Gasteiger charge is 1.97. The number of nitrogens with zero attached hydrogens (tertiary/aromatic N) is 1. The molecule has 19 heavy (non-hydrogen) atoms. The average molecular weight is 269 g/mol. The van der Waals surface area contributed by atoms with Gasteiger partial charge in [0.15, 0.2) is 0 Å². The highest BCUT2D eigenvalue weighted by Crippen LogP contribution is 2.15. The highest BCUT2D eigenvalue weighted by atomic mass is 32.2. The minimum Gasteiger partial charge on any atom is -0.493 e. The van der Waals surface area contributed by atoms with Crippen molar-refractivity contribution in [3.8, 4) is 11.8 Å². The Bertz CT molecular complexity index is 548. The summed E-state index contributed by atoms with van der Waals surface area (Å²) in [5.41, 5.74) is 1.97. The van der Waals surface area contributed by atoms with Crippen molar-refractivity contribution in [1.29, 1.82) is 5.26 Å². The highest BCUT2D eigenvalue weighted by molar-refractivity contribution is 7.98. The van der Waals surface area contributed by atoms with Crippen LogP contribution in [0.3, 0.4) is 0 Å². The summed E-state index contributed by atoms with van der Waals surface area (Å²) in [7, 11) is 0. The lowest BCUT2D eigenvalue weighted by Crippen LogP contribution is -2.00. The summed E-state index contributed by atoms with van der Waals surface area (Å²) in [4.78, 5) is 0. The summed E-state index contributed by atoms with van der Waals surface area (Å²) in [5, 5.41) is 8.79. The Morgan fingerprint density at radius 1 is 1.05 bits per heavy atom. The second-order valence-electron chi connectivity index (χ2n) is 4.03. The van der Waals surface area contributed by atoms with E-state index in [1.54, 1.807) is 12.1 Å². The van der Waals surface area contributed by atoms with Crippen LogP contribution in [0.2, 0.25) is 0 Å². The van der Waals surface area contributed by atoms with E-state index in [0.717, 1.165) is 17.3 Å². The molecule has 0 unspecified atom stereocenters. The predicted octanol–water partition coefficient (Wildman–Crippen LogP) is 3.87. The molecular formula is C16H15NOS. The third-order valence-corrected chi connectivity index (χ3v) is 3.56. The number of rotatable bonds is 6. The molecule has 0 aliphatic heterocycles. The predicted molar refractivity (Wildman–Crippen MR) is 79.3 cm³/mol. The molecule has 0 spiro atoms. The van der Waals surface area contributed by atoms with Crippen LogP contribution in [-0.4, -0.2) is 12.4 Å². The van der Waals surface area contributed by atoms with E-state index in [9.17, 15) is 0 Å². The molecule has 96 valence electrons. The van der Waals surface area contributed by atoms with Gasteiger partial charge in [-0.05, 0) is 23.8 Å². The molecule has 0 fully saturated rings. The summed E-state index contributed by atoms with van der Waals surface area (Å²) < 4.78 is 5.61. The fourth-order valence-electron chi connectivity index (χ4n) is 1.64. The van der Waals surface area contributed by atoms with Crippen molar-refractivity contribution in [3.05, 3.63) is 65.7 Å². The Morgan fingerprint density at radius 2 is 1.89 bits per heavy atom. The molecule has 0 atom stereocenters. The summed E-state index contributed by atoms with van der Waals surface area (Å²) in [6.45, 7) is 0.659. The summed E-state index contributed by atoms with van der Waals surface area (Å²) in [5.74, 6) is 2.70. The van der Waals surface area contributed by atoms with Crippen molar-refractivity contribution in [2.24, 2.45) is 0 Å². The van der Waals surface area contributed by atoms with E-state index in [1.807, 2.05) is 30.0 Å². The van der Waals surface area contributed by atoms with Gasteiger partial charge in [0.25, 0.3) is 0 Å². The van der Waals surface area contributed by atoms with E-state index < -0.39 is 0 Å². The van der Waals surface area contributed by atoms with Crippen molar-refractivity contribution >= 4 is 11.8 Å². The van der Waals surface area contributed by atoms with E-state index in [1.165, 1.54) is 5.56 Å². The van der Waals surface area contributed by atoms with Gasteiger partial charge in [0.1, 0.15) is 5.75 Å². The molecule has 2 aromatic rings. The second kappa shape index (κ2) is 7.50. The van der Waals surface area contributed by atoms with Crippen LogP contribution >= 0.6 is 11.8 Å². The SMILES string of the molecule is N#Cc1cccc(OCCSCc2ccccc2)c1. The third-order valence-electron chi connectivity index (χ3n) is 2.57. The maximum Gasteiger partial charge on any atom is 0.120 e. The molecule has 0 aliphatic carbocycles. The molecule has 0 saturated carbocycles. The van der Waals surface area contributed by atoms with Crippen LogP contribution in [0.4, 0.5) is 0 Å². The van der Waals surface area contributed by atoms with E-state index in [2.05, 4.69) is 30.3 Å². The van der Waals surface area contributed by atoms with Gasteiger partial charge in [-0.25, -0.2) is 0 Å². The molecule has 2 rings (SSSR count). The first-order valence-corrected chi connectivity index (χ1v) is 7.28. The molecular weight excluding hydrogens is 254 g/mol. The first-order chi connectivity index (χ1) is 9.38. The molecule has 2 nitrogen and oxygen atoms in total. The smallest absolute Gasteiger partial charge is 0.120 e. The number of benzene rings is 2. The molecule has 0 aliphatic rings. The molecule has 0 saturated heterocycles. The average Bonchev–Trinajstić information content (AvgIpc) is 2.48. The van der Waals surface area contributed by atoms with Crippen molar-refractivity contribution in [2.45, 2.75) is 5.75 Å². The van der Waals surface area contributed by atoms with E-state index in [0.29, 0.717) is 12.2 Å². The number of thioether (sulfide) groups is 1. The van der Waals surface area contributed by atoms with Gasteiger partial charge in [0.05, 0.1) is 18.2 Å². The van der Waals surface area contributed by atoms with Crippen molar-refractivity contribution in [2.75, 3.05) is 12.4 Å². The summed E-state index contributed by atoms with van der Waals surface area (Å²) >= 11 is 1.85. The standard InChI is InChI=1S/C16H15NOS/c17-12-15-7-4-8-16(11-15)18-9-10-19-13-14-5-2-1-3-6-14/h1-8,11H,9-10,13H2. The number of ether oxygens (including phenoxy) is 1. The minimum absolute atomic E-state index is 0.634. The van der Waals surface area contributed by atoms with Crippen LogP contribution in [0.25, 0.3) is 0 Å². The third kappa shape index (κ3) is 4.69. The minimum atomic E-state index is 0.634. The monoisotopic (exact) mass is 269 g/mol. The Morgan fingerprint density at radius 3 is 2.68 bits per heavy atom. The van der Waals surface area contributed by atoms with Gasteiger partial charge >= 0.3 is 0 Å². The van der Waals surface area contributed by atoms with Gasteiger partial charge in [0.2, 0.25) is 0 Å². The Kier molecular flexibility index (Phi) is 5.33. The molecule has 2 aromatic carbocycles. The van der Waals surface area contributed by atoms with Gasteiger partial charge in [-0.1, -0.05) is 36.4 Å². The number of hydrogen-bond donors (Lipinski definition) is 0. The normalized spacial score (nSPS) is 9.84. The molecule has 0 bridgehead atoms. The fourth-order valence-corrected chi connectivity index (χ4v) is 2.41. The van der Waals surface area contributed by atoms with Crippen LogP contribution < -0.4 is 4.74 Å². The number of hydrogen-bond acceptors (Lipinski definition) is 3. The summed E-state index contributed by atoms with van der Waals surface area (Å²) in [6.07, 6.45) is 0. The van der Waals surface area contributed by atoms with Crippen molar-refractivity contribution in [3.63, 3.8) is 0 Å². The van der Waals surface area contributed by atoms with Gasteiger partial charge in [-0.2, -0.15) is 17.0 Å². The lowest BCUT2D eigenvalue weighted by Gasteiger charge is -2.06. The topological polar surface area (TPSA) is 33.0 Å². The Balaban J connectivity index is 1.68. The Hall–Kier alpha value is -1.92. The lowest BCUT2D eigenvalue weighted by atomic mass is 10.2. The van der Waals surface area contributed by atoms with E-state index >= 15 is 0 Å². The Labute approximate surface area is 118 Å². The lowest BCUT2D eigenvalue weighted by molar-refractivity contribution is 0.344. The number of nitriles is 1. The summed E-state index contributed by atoms with van der Waals surface area (Å²) in [6, 6.07) is 19.8. The van der Waals surface area contributed by atoms with Crippen LogP contribution in [-0.2, 0) is 5.75 Å². The van der Waals surface area contributed by atoms with Gasteiger partial charge < -0.3 is 4.74 Å². The van der Waals surface area contributed by atoms with Crippen LogP contribution in [0.15, 0.2) is 54.6 Å². The van der Waals surface area contributed by atoms with Crippen molar-refractivity contribution < 1.29 is 4.74 Å². The van der Waals surface area contributed by atoms with E-state index in [4.69, 9.17) is 10.00 Å². The zero-order valence-electron chi connectivity index (χ0n) is 10.6. The largest absolute Gasteiger partial charge is 0.493 e. The first-order valence-electron chi connectivity index (χ1n) is 6.13.